The highest BCUT2D eigenvalue weighted by Gasteiger charge is 2.08. The molecule has 0 saturated heterocycles. The molecule has 2 heteroatoms. The van der Waals surface area contributed by atoms with Gasteiger partial charge in [0.05, 0.1) is 0 Å². The third-order valence-electron chi connectivity index (χ3n) is 1.28. The standard InChI is InChI=1S/C7H18OSi/c1-7(2,3)5-6-9-8-4/h5-6,9H2,1-4H3. The van der Waals surface area contributed by atoms with E-state index in [1.165, 1.54) is 12.5 Å². The Morgan fingerprint density at radius 3 is 2.22 bits per heavy atom. The van der Waals surface area contributed by atoms with Crippen molar-refractivity contribution < 1.29 is 4.43 Å². The second-order valence-electron chi connectivity index (χ2n) is 3.66. The molecule has 0 heterocycles. The van der Waals surface area contributed by atoms with Gasteiger partial charge in [-0.15, -0.1) is 0 Å². The maximum Gasteiger partial charge on any atom is 0.161 e. The molecule has 0 aromatic carbocycles. The lowest BCUT2D eigenvalue weighted by Crippen LogP contribution is -2.06. The van der Waals surface area contributed by atoms with E-state index in [0.29, 0.717) is 5.41 Å². The molecule has 0 unspecified atom stereocenters. The van der Waals surface area contributed by atoms with Crippen molar-refractivity contribution in [3.8, 4) is 0 Å². The highest BCUT2D eigenvalue weighted by Crippen LogP contribution is 2.20. The van der Waals surface area contributed by atoms with Crippen LogP contribution < -0.4 is 0 Å². The van der Waals surface area contributed by atoms with Crippen LogP contribution in [0.4, 0.5) is 0 Å². The summed E-state index contributed by atoms with van der Waals surface area (Å²) in [5.74, 6) is 0. The predicted molar refractivity (Wildman–Crippen MR) is 44.4 cm³/mol. The lowest BCUT2D eigenvalue weighted by molar-refractivity contribution is 0.380. The van der Waals surface area contributed by atoms with E-state index in [4.69, 9.17) is 4.43 Å². The Morgan fingerprint density at radius 1 is 1.33 bits per heavy atom. The van der Waals surface area contributed by atoms with Crippen LogP contribution in [0.3, 0.4) is 0 Å². The molecule has 0 N–H and O–H groups in total. The molecular weight excluding hydrogens is 128 g/mol. The third kappa shape index (κ3) is 8.18. The van der Waals surface area contributed by atoms with E-state index in [9.17, 15) is 0 Å². The highest BCUT2D eigenvalue weighted by molar-refractivity contribution is 6.26. The topological polar surface area (TPSA) is 9.23 Å². The first-order valence-electron chi connectivity index (χ1n) is 3.55. The maximum absolute atomic E-state index is 5.08. The Hall–Kier alpha value is 0.177. The van der Waals surface area contributed by atoms with Crippen molar-refractivity contribution in [1.29, 1.82) is 0 Å². The molecule has 0 saturated carbocycles. The Balaban J connectivity index is 3.07. The smallest absolute Gasteiger partial charge is 0.161 e. The van der Waals surface area contributed by atoms with Gasteiger partial charge in [-0.3, -0.25) is 0 Å². The van der Waals surface area contributed by atoms with Gasteiger partial charge in [-0.25, -0.2) is 0 Å². The molecule has 9 heavy (non-hydrogen) atoms. The molecule has 1 nitrogen and oxygen atoms in total. The van der Waals surface area contributed by atoms with E-state index in [1.54, 1.807) is 0 Å². The van der Waals surface area contributed by atoms with Gasteiger partial charge >= 0.3 is 0 Å². The summed E-state index contributed by atoms with van der Waals surface area (Å²) in [6.45, 7) is 6.82. The average Bonchev–Trinajstić information content (AvgIpc) is 1.63. The van der Waals surface area contributed by atoms with Gasteiger partial charge in [0.15, 0.2) is 9.76 Å². The van der Waals surface area contributed by atoms with Gasteiger partial charge in [-0.1, -0.05) is 20.8 Å². The number of rotatable bonds is 3. The summed E-state index contributed by atoms with van der Waals surface area (Å²) in [7, 11) is 1.66. The van der Waals surface area contributed by atoms with Gasteiger partial charge < -0.3 is 4.43 Å². The molecule has 0 amide bonds. The fraction of sp³-hybridized carbons (Fsp3) is 1.00. The minimum atomic E-state index is -0.158. The van der Waals surface area contributed by atoms with Crippen molar-refractivity contribution in [1.82, 2.24) is 0 Å². The molecule has 56 valence electrons. The van der Waals surface area contributed by atoms with Crippen molar-refractivity contribution in [2.24, 2.45) is 5.41 Å². The lowest BCUT2D eigenvalue weighted by atomic mass is 9.94. The molecule has 0 aromatic heterocycles. The van der Waals surface area contributed by atoms with E-state index >= 15 is 0 Å². The van der Waals surface area contributed by atoms with Gasteiger partial charge in [0.25, 0.3) is 0 Å². The third-order valence-corrected chi connectivity index (χ3v) is 2.33. The van der Waals surface area contributed by atoms with Crippen LogP contribution >= 0.6 is 0 Å². The molecule has 0 fully saturated rings. The minimum absolute atomic E-state index is 0.158. The predicted octanol–water partition coefficient (Wildman–Crippen LogP) is 1.57. The molecular formula is C7H18OSi. The Labute approximate surface area is 60.7 Å². The summed E-state index contributed by atoms with van der Waals surface area (Å²) in [5, 5.41) is 0. The van der Waals surface area contributed by atoms with E-state index in [-0.39, 0.29) is 9.76 Å². The van der Waals surface area contributed by atoms with Gasteiger partial charge in [0.2, 0.25) is 0 Å². The van der Waals surface area contributed by atoms with Crippen LogP contribution in [0.15, 0.2) is 0 Å². The Morgan fingerprint density at radius 2 is 1.89 bits per heavy atom. The summed E-state index contributed by atoms with van der Waals surface area (Å²) < 4.78 is 5.08. The zero-order chi connectivity index (χ0) is 7.33. The molecule has 0 spiro atoms. The second kappa shape index (κ2) is 4.07. The summed E-state index contributed by atoms with van der Waals surface area (Å²) in [6, 6.07) is 1.32. The zero-order valence-electron chi connectivity index (χ0n) is 7.03. The van der Waals surface area contributed by atoms with Crippen LogP contribution in [-0.4, -0.2) is 16.9 Å². The summed E-state index contributed by atoms with van der Waals surface area (Å²) >= 11 is 0. The van der Waals surface area contributed by atoms with Crippen molar-refractivity contribution in [2.45, 2.75) is 33.2 Å². The molecule has 0 bridgehead atoms. The molecule has 0 rings (SSSR count). The normalized spacial score (nSPS) is 13.3. The van der Waals surface area contributed by atoms with E-state index < -0.39 is 0 Å². The monoisotopic (exact) mass is 146 g/mol. The lowest BCUT2D eigenvalue weighted by Gasteiger charge is -2.16. The van der Waals surface area contributed by atoms with Crippen molar-refractivity contribution >= 4 is 9.76 Å². The van der Waals surface area contributed by atoms with Crippen LogP contribution in [0.5, 0.6) is 0 Å². The fourth-order valence-electron chi connectivity index (χ4n) is 0.747. The van der Waals surface area contributed by atoms with Crippen LogP contribution in [0.2, 0.25) is 6.04 Å². The largest absolute Gasteiger partial charge is 0.427 e. The first-order chi connectivity index (χ1) is 4.06. The summed E-state index contributed by atoms with van der Waals surface area (Å²) in [4.78, 5) is 0. The van der Waals surface area contributed by atoms with Crippen molar-refractivity contribution in [3.05, 3.63) is 0 Å². The molecule has 0 radical (unpaired) electrons. The van der Waals surface area contributed by atoms with Gasteiger partial charge in [0.1, 0.15) is 0 Å². The Kier molecular flexibility index (Phi) is 4.15. The minimum Gasteiger partial charge on any atom is -0.427 e. The zero-order valence-corrected chi connectivity index (χ0v) is 8.44. The quantitative estimate of drug-likeness (QED) is 0.434. The van der Waals surface area contributed by atoms with E-state index in [1.807, 2.05) is 7.11 Å². The van der Waals surface area contributed by atoms with Gasteiger partial charge in [0, 0.05) is 7.11 Å². The van der Waals surface area contributed by atoms with Gasteiger partial charge in [-0.05, 0) is 17.9 Å². The first-order valence-corrected chi connectivity index (χ1v) is 5.13. The van der Waals surface area contributed by atoms with Crippen LogP contribution in [0, 0.1) is 5.41 Å². The van der Waals surface area contributed by atoms with Gasteiger partial charge in [-0.2, -0.15) is 0 Å². The second-order valence-corrected chi connectivity index (χ2v) is 5.35. The van der Waals surface area contributed by atoms with Crippen LogP contribution in [0.25, 0.3) is 0 Å². The summed E-state index contributed by atoms with van der Waals surface area (Å²) in [6.07, 6.45) is 1.31. The number of hydrogen-bond acceptors (Lipinski definition) is 1. The highest BCUT2D eigenvalue weighted by atomic mass is 28.2. The molecule has 0 aliphatic heterocycles. The van der Waals surface area contributed by atoms with Crippen LogP contribution in [-0.2, 0) is 4.43 Å². The molecule has 0 aliphatic rings. The van der Waals surface area contributed by atoms with E-state index in [0.717, 1.165) is 0 Å². The van der Waals surface area contributed by atoms with Crippen molar-refractivity contribution in [2.75, 3.05) is 7.11 Å². The fourth-order valence-corrected chi connectivity index (χ4v) is 2.24. The summed E-state index contributed by atoms with van der Waals surface area (Å²) in [5.41, 5.74) is 0.505. The molecule has 0 aliphatic carbocycles. The maximum atomic E-state index is 5.08. The van der Waals surface area contributed by atoms with Crippen molar-refractivity contribution in [3.63, 3.8) is 0 Å². The number of hydrogen-bond donors (Lipinski definition) is 0. The van der Waals surface area contributed by atoms with E-state index in [2.05, 4.69) is 20.8 Å². The first kappa shape index (κ1) is 9.18. The molecule has 0 atom stereocenters. The molecule has 0 aromatic rings. The SMILES string of the molecule is CO[SiH2]CCC(C)(C)C. The van der Waals surface area contributed by atoms with Crippen LogP contribution in [0.1, 0.15) is 27.2 Å². The Bertz CT molecular complexity index is 65.8. The average molecular weight is 146 g/mol.